The van der Waals surface area contributed by atoms with Crippen LogP contribution >= 0.6 is 0 Å². The van der Waals surface area contributed by atoms with Crippen LogP contribution in [0.1, 0.15) is 17.4 Å². The Morgan fingerprint density at radius 2 is 1.87 bits per heavy atom. The van der Waals surface area contributed by atoms with Gasteiger partial charge in [0.25, 0.3) is 0 Å². The highest BCUT2D eigenvalue weighted by molar-refractivity contribution is 5.74. The molecule has 0 amide bonds. The molecule has 3 aromatic rings. The average molecular weight is 306 g/mol. The summed E-state index contributed by atoms with van der Waals surface area (Å²) in [6.07, 6.45) is 1.10. The highest BCUT2D eigenvalue weighted by atomic mass is 15.2. The minimum absolute atomic E-state index is 0.284. The third-order valence-electron chi connectivity index (χ3n) is 4.56. The minimum atomic E-state index is 0.284. The first kappa shape index (κ1) is 14.4. The number of aromatic nitrogens is 2. The van der Waals surface area contributed by atoms with Crippen LogP contribution in [0.5, 0.6) is 0 Å². The molecule has 2 N–H and O–H groups in total. The van der Waals surface area contributed by atoms with Gasteiger partial charge in [-0.25, -0.2) is 4.98 Å². The highest BCUT2D eigenvalue weighted by Gasteiger charge is 2.22. The molecule has 1 fully saturated rings. The number of piperazine rings is 1. The summed E-state index contributed by atoms with van der Waals surface area (Å²) in [6, 6.07) is 19.2. The van der Waals surface area contributed by atoms with E-state index in [1.807, 2.05) is 12.1 Å². The molecule has 4 heteroatoms. The Morgan fingerprint density at radius 1 is 1.04 bits per heavy atom. The van der Waals surface area contributed by atoms with Crippen molar-refractivity contribution in [2.45, 2.75) is 12.5 Å². The molecule has 2 heterocycles. The molecule has 0 spiro atoms. The summed E-state index contributed by atoms with van der Waals surface area (Å²) in [5, 5.41) is 3.59. The summed E-state index contributed by atoms with van der Waals surface area (Å²) in [7, 11) is 0. The summed E-state index contributed by atoms with van der Waals surface area (Å²) in [6.45, 7) is 4.22. The van der Waals surface area contributed by atoms with Gasteiger partial charge in [0.1, 0.15) is 5.82 Å². The number of fused-ring (bicyclic) bond motifs is 1. The Hall–Kier alpha value is -2.17. The molecule has 1 saturated heterocycles. The molecule has 0 radical (unpaired) electrons. The summed E-state index contributed by atoms with van der Waals surface area (Å²) in [5.74, 6) is 1.05. The van der Waals surface area contributed by atoms with Crippen LogP contribution in [0.4, 0.5) is 0 Å². The third-order valence-corrected chi connectivity index (χ3v) is 4.56. The second kappa shape index (κ2) is 6.52. The summed E-state index contributed by atoms with van der Waals surface area (Å²) >= 11 is 0. The first-order valence-electron chi connectivity index (χ1n) is 8.33. The Balaban J connectivity index is 1.42. The highest BCUT2D eigenvalue weighted by Crippen LogP contribution is 2.19. The van der Waals surface area contributed by atoms with E-state index in [0.717, 1.165) is 49.5 Å². The van der Waals surface area contributed by atoms with Crippen molar-refractivity contribution in [2.24, 2.45) is 0 Å². The number of nitrogens with one attached hydrogen (secondary N) is 2. The standard InChI is InChI=1S/C19H22N4/c1-2-6-15(7-3-1)10-12-23-13-11-20-18(14-23)19-21-16-8-4-5-9-17(16)22-19/h1-9,18,20H,10-14H2,(H,21,22). The zero-order chi connectivity index (χ0) is 15.5. The quantitative estimate of drug-likeness (QED) is 0.779. The van der Waals surface area contributed by atoms with E-state index >= 15 is 0 Å². The minimum Gasteiger partial charge on any atom is -0.341 e. The van der Waals surface area contributed by atoms with Crippen LogP contribution in [0.25, 0.3) is 11.0 Å². The van der Waals surface area contributed by atoms with Gasteiger partial charge in [-0.05, 0) is 24.1 Å². The van der Waals surface area contributed by atoms with Crippen molar-refractivity contribution in [1.29, 1.82) is 0 Å². The molecule has 23 heavy (non-hydrogen) atoms. The van der Waals surface area contributed by atoms with Gasteiger partial charge >= 0.3 is 0 Å². The monoisotopic (exact) mass is 306 g/mol. The fourth-order valence-electron chi connectivity index (χ4n) is 3.27. The van der Waals surface area contributed by atoms with Crippen molar-refractivity contribution in [1.82, 2.24) is 20.2 Å². The third kappa shape index (κ3) is 3.28. The maximum Gasteiger partial charge on any atom is 0.125 e. The SMILES string of the molecule is c1ccc(CCN2CCNC(c3nc4ccccc4[nH]3)C2)cc1. The molecule has 4 nitrogen and oxygen atoms in total. The number of imidazole rings is 1. The molecule has 0 saturated carbocycles. The van der Waals surface area contributed by atoms with Crippen LogP contribution in [0.3, 0.4) is 0 Å². The van der Waals surface area contributed by atoms with Gasteiger partial charge in [0.2, 0.25) is 0 Å². The van der Waals surface area contributed by atoms with E-state index in [0.29, 0.717) is 0 Å². The molecular formula is C19H22N4. The molecule has 1 aromatic heterocycles. The fraction of sp³-hybridized carbons (Fsp3) is 0.316. The zero-order valence-electron chi connectivity index (χ0n) is 13.2. The van der Waals surface area contributed by atoms with E-state index in [1.54, 1.807) is 0 Å². The second-order valence-electron chi connectivity index (χ2n) is 6.18. The largest absolute Gasteiger partial charge is 0.341 e. The van der Waals surface area contributed by atoms with Gasteiger partial charge in [-0.3, -0.25) is 4.90 Å². The maximum absolute atomic E-state index is 4.74. The number of aromatic amines is 1. The fourth-order valence-corrected chi connectivity index (χ4v) is 3.27. The first-order chi connectivity index (χ1) is 11.4. The van der Waals surface area contributed by atoms with Crippen LogP contribution in [0.15, 0.2) is 54.6 Å². The number of hydrogen-bond acceptors (Lipinski definition) is 3. The van der Waals surface area contributed by atoms with E-state index in [2.05, 4.69) is 57.7 Å². The van der Waals surface area contributed by atoms with Crippen molar-refractivity contribution in [3.63, 3.8) is 0 Å². The van der Waals surface area contributed by atoms with Crippen LogP contribution in [0, 0.1) is 0 Å². The predicted octanol–water partition coefficient (Wildman–Crippen LogP) is 2.75. The van der Waals surface area contributed by atoms with Crippen molar-refractivity contribution in [2.75, 3.05) is 26.2 Å². The lowest BCUT2D eigenvalue weighted by atomic mass is 10.1. The molecule has 2 aromatic carbocycles. The maximum atomic E-state index is 4.74. The van der Waals surface area contributed by atoms with Crippen LogP contribution in [-0.4, -0.2) is 41.0 Å². The molecule has 1 aliphatic heterocycles. The number of rotatable bonds is 4. The van der Waals surface area contributed by atoms with Gasteiger partial charge in [0, 0.05) is 26.2 Å². The van der Waals surface area contributed by atoms with Crippen molar-refractivity contribution in [3.05, 3.63) is 66.0 Å². The number of nitrogens with zero attached hydrogens (tertiary/aromatic N) is 2. The summed E-state index contributed by atoms with van der Waals surface area (Å²) < 4.78 is 0. The smallest absolute Gasteiger partial charge is 0.125 e. The topological polar surface area (TPSA) is 44.0 Å². The first-order valence-corrected chi connectivity index (χ1v) is 8.33. The van der Waals surface area contributed by atoms with Gasteiger partial charge in [-0.15, -0.1) is 0 Å². The summed E-state index contributed by atoms with van der Waals surface area (Å²) in [5.41, 5.74) is 3.57. The Labute approximate surface area is 136 Å². The van der Waals surface area contributed by atoms with Gasteiger partial charge in [-0.1, -0.05) is 42.5 Å². The Morgan fingerprint density at radius 3 is 2.74 bits per heavy atom. The van der Waals surface area contributed by atoms with Crippen LogP contribution < -0.4 is 5.32 Å². The van der Waals surface area contributed by atoms with Crippen molar-refractivity contribution < 1.29 is 0 Å². The lowest BCUT2D eigenvalue weighted by Gasteiger charge is -2.32. The van der Waals surface area contributed by atoms with E-state index in [4.69, 9.17) is 4.98 Å². The lowest BCUT2D eigenvalue weighted by Crippen LogP contribution is -2.46. The molecule has 0 bridgehead atoms. The van der Waals surface area contributed by atoms with Gasteiger partial charge in [0.05, 0.1) is 17.1 Å². The normalized spacial score (nSPS) is 19.2. The number of H-pyrrole nitrogens is 1. The second-order valence-corrected chi connectivity index (χ2v) is 6.18. The molecule has 1 aliphatic rings. The lowest BCUT2D eigenvalue weighted by molar-refractivity contribution is 0.199. The molecule has 1 atom stereocenters. The number of para-hydroxylation sites is 2. The average Bonchev–Trinajstić information content (AvgIpc) is 3.05. The van der Waals surface area contributed by atoms with E-state index in [9.17, 15) is 0 Å². The number of benzene rings is 2. The molecule has 4 rings (SSSR count). The van der Waals surface area contributed by atoms with Gasteiger partial charge < -0.3 is 10.3 Å². The molecule has 0 aliphatic carbocycles. The van der Waals surface area contributed by atoms with Gasteiger partial charge in [0.15, 0.2) is 0 Å². The van der Waals surface area contributed by atoms with E-state index < -0.39 is 0 Å². The van der Waals surface area contributed by atoms with Gasteiger partial charge in [-0.2, -0.15) is 0 Å². The van der Waals surface area contributed by atoms with Crippen LogP contribution in [-0.2, 0) is 6.42 Å². The Bertz CT molecular complexity index is 732. The molecule has 118 valence electrons. The van der Waals surface area contributed by atoms with Crippen molar-refractivity contribution in [3.8, 4) is 0 Å². The van der Waals surface area contributed by atoms with E-state index in [-0.39, 0.29) is 6.04 Å². The van der Waals surface area contributed by atoms with Crippen LogP contribution in [0.2, 0.25) is 0 Å². The zero-order valence-corrected chi connectivity index (χ0v) is 13.2. The molecular weight excluding hydrogens is 284 g/mol. The van der Waals surface area contributed by atoms with E-state index in [1.165, 1.54) is 5.56 Å². The molecule has 1 unspecified atom stereocenters. The predicted molar refractivity (Wildman–Crippen MR) is 93.4 cm³/mol. The van der Waals surface area contributed by atoms with Crippen molar-refractivity contribution >= 4 is 11.0 Å². The summed E-state index contributed by atoms with van der Waals surface area (Å²) in [4.78, 5) is 10.7. The Kier molecular flexibility index (Phi) is 4.09. The number of hydrogen-bond donors (Lipinski definition) is 2.